The Bertz CT molecular complexity index is 1040. The van der Waals surface area contributed by atoms with Crippen LogP contribution in [0.4, 0.5) is 0 Å². The summed E-state index contributed by atoms with van der Waals surface area (Å²) < 4.78 is 0. The molecule has 0 aliphatic heterocycles. The molecule has 0 saturated carbocycles. The quantitative estimate of drug-likeness (QED) is 0.233. The van der Waals surface area contributed by atoms with Crippen molar-refractivity contribution in [1.82, 2.24) is 0 Å². The zero-order valence-corrected chi connectivity index (χ0v) is 17.2. The van der Waals surface area contributed by atoms with E-state index in [1.807, 2.05) is 24.3 Å². The zero-order valence-electron chi connectivity index (χ0n) is 16.2. The maximum Gasteiger partial charge on any atom is 0.154 e. The van der Waals surface area contributed by atoms with Crippen LogP contribution in [-0.4, -0.2) is 14.6 Å². The smallest absolute Gasteiger partial charge is 0.154 e. The van der Waals surface area contributed by atoms with E-state index in [1.165, 1.54) is 15.6 Å². The fraction of sp³-hybridized carbons (Fsp3) is 0.0385. The van der Waals surface area contributed by atoms with Crippen molar-refractivity contribution in [3.63, 3.8) is 0 Å². The highest BCUT2D eigenvalue weighted by atomic mass is 28.3. The average molecular weight is 392 g/mol. The van der Waals surface area contributed by atoms with Crippen LogP contribution < -0.4 is 21.3 Å². The summed E-state index contributed by atoms with van der Waals surface area (Å²) in [6.45, 7) is 0.589. The van der Waals surface area contributed by atoms with Gasteiger partial charge in [-0.3, -0.25) is 4.99 Å². The lowest BCUT2D eigenvalue weighted by Crippen LogP contribution is -2.52. The van der Waals surface area contributed by atoms with Crippen LogP contribution in [0.5, 0.6) is 0 Å². The first-order valence-corrected chi connectivity index (χ1v) is 11.2. The number of hydrogen-bond acceptors (Lipinski definition) is 1. The van der Waals surface area contributed by atoms with Crippen molar-refractivity contribution >= 4 is 30.2 Å². The molecule has 0 bridgehead atoms. The lowest BCUT2D eigenvalue weighted by molar-refractivity contribution is 1.06. The normalized spacial score (nSPS) is 11.6. The molecule has 2 N–H and O–H groups in total. The van der Waals surface area contributed by atoms with Gasteiger partial charge in [-0.15, -0.1) is 0 Å². The Balaban J connectivity index is 1.68. The van der Waals surface area contributed by atoms with E-state index in [-0.39, 0.29) is 0 Å². The van der Waals surface area contributed by atoms with Crippen LogP contribution in [0.2, 0.25) is 0 Å². The monoisotopic (exact) mass is 391 g/mol. The second-order valence-electron chi connectivity index (χ2n) is 6.87. The summed E-state index contributed by atoms with van der Waals surface area (Å²) in [5, 5.41) is 4.03. The summed E-state index contributed by atoms with van der Waals surface area (Å²) in [6.07, 6.45) is 0. The lowest BCUT2D eigenvalue weighted by Gasteiger charge is -2.17. The van der Waals surface area contributed by atoms with Crippen molar-refractivity contribution in [1.29, 1.82) is 0 Å². The summed E-state index contributed by atoms with van der Waals surface area (Å²) in [7, 11) is -1.11. The molecule has 0 fully saturated rings. The van der Waals surface area contributed by atoms with E-state index in [0.717, 1.165) is 11.1 Å². The topological polar surface area (TPSA) is 38.4 Å². The van der Waals surface area contributed by atoms with E-state index < -0.39 is 8.80 Å². The van der Waals surface area contributed by atoms with E-state index >= 15 is 0 Å². The van der Waals surface area contributed by atoms with Crippen LogP contribution in [0.15, 0.2) is 120 Å². The third-order valence-electron chi connectivity index (χ3n) is 4.85. The fourth-order valence-corrected chi connectivity index (χ4v) is 6.01. The number of amidine groups is 1. The van der Waals surface area contributed by atoms with E-state index in [4.69, 9.17) is 5.73 Å². The molecule has 0 spiro atoms. The summed E-state index contributed by atoms with van der Waals surface area (Å²) >= 11 is 0. The summed E-state index contributed by atoms with van der Waals surface area (Å²) in [4.78, 5) is 4.62. The second-order valence-corrected chi connectivity index (χ2v) is 9.36. The van der Waals surface area contributed by atoms with Crippen molar-refractivity contribution in [3.05, 3.63) is 126 Å². The third-order valence-corrected chi connectivity index (χ3v) is 7.56. The van der Waals surface area contributed by atoms with Gasteiger partial charge in [0, 0.05) is 5.56 Å². The highest BCUT2D eigenvalue weighted by Crippen LogP contribution is 2.04. The largest absolute Gasteiger partial charge is 0.383 e. The summed E-state index contributed by atoms with van der Waals surface area (Å²) in [6, 6.07) is 40.2. The van der Waals surface area contributed by atoms with Crippen molar-refractivity contribution in [3.8, 4) is 0 Å². The highest BCUT2D eigenvalue weighted by molar-refractivity contribution is 6.95. The Hall–Kier alpha value is -3.43. The van der Waals surface area contributed by atoms with Gasteiger partial charge >= 0.3 is 0 Å². The molecule has 2 nitrogen and oxygen atoms in total. The molecule has 0 amide bonds. The molecular weight excluding hydrogens is 368 g/mol. The van der Waals surface area contributed by atoms with Gasteiger partial charge in [-0.2, -0.15) is 0 Å². The highest BCUT2D eigenvalue weighted by Gasteiger charge is 2.19. The second kappa shape index (κ2) is 9.17. The van der Waals surface area contributed by atoms with Gasteiger partial charge in [-0.1, -0.05) is 126 Å². The molecule has 0 heterocycles. The van der Waals surface area contributed by atoms with Crippen LogP contribution in [-0.2, 0) is 6.54 Å². The summed E-state index contributed by atoms with van der Waals surface area (Å²) in [5.74, 6) is 0.582. The molecule has 0 aliphatic carbocycles. The van der Waals surface area contributed by atoms with E-state index in [1.54, 1.807) is 0 Å². The Kier molecular flexibility index (Phi) is 5.98. The van der Waals surface area contributed by atoms with E-state index in [9.17, 15) is 0 Å². The van der Waals surface area contributed by atoms with Crippen LogP contribution >= 0.6 is 0 Å². The Morgan fingerprint density at radius 2 is 1.14 bits per heavy atom. The van der Waals surface area contributed by atoms with Crippen LogP contribution in [0, 0.1) is 0 Å². The van der Waals surface area contributed by atoms with Crippen molar-refractivity contribution in [2.75, 3.05) is 0 Å². The molecule has 1 radical (unpaired) electrons. The number of nitrogens with two attached hydrogens (primary N) is 1. The first kappa shape index (κ1) is 18.9. The number of benzene rings is 4. The Labute approximate surface area is 174 Å². The van der Waals surface area contributed by atoms with Gasteiger partial charge in [-0.25, -0.2) is 0 Å². The molecule has 0 saturated heterocycles. The molecule has 4 aromatic rings. The van der Waals surface area contributed by atoms with Gasteiger partial charge in [0.2, 0.25) is 0 Å². The number of rotatable bonds is 6. The number of aliphatic imine (C=N–C) groups is 1. The van der Waals surface area contributed by atoms with Gasteiger partial charge in [0.05, 0.1) is 6.54 Å². The molecule has 4 aromatic carbocycles. The van der Waals surface area contributed by atoms with E-state index in [2.05, 4.69) is 96.0 Å². The Morgan fingerprint density at radius 1 is 0.621 bits per heavy atom. The van der Waals surface area contributed by atoms with Gasteiger partial charge in [0.25, 0.3) is 0 Å². The standard InChI is InChI=1S/C26H23N2Si/c27-26(28-20-21-11-4-1-5-12-21)22-13-10-18-25(19-22)29(23-14-6-2-7-15-23)24-16-8-3-9-17-24/h1-19H,20H2,(H2,27,28). The maximum atomic E-state index is 6.35. The lowest BCUT2D eigenvalue weighted by atomic mass is 10.2. The van der Waals surface area contributed by atoms with Crippen molar-refractivity contribution in [2.24, 2.45) is 10.7 Å². The fourth-order valence-electron chi connectivity index (χ4n) is 3.39. The first-order chi connectivity index (χ1) is 14.3. The number of hydrogen-bond donors (Lipinski definition) is 1. The van der Waals surface area contributed by atoms with Gasteiger partial charge in [0.15, 0.2) is 8.80 Å². The van der Waals surface area contributed by atoms with Crippen LogP contribution in [0.3, 0.4) is 0 Å². The van der Waals surface area contributed by atoms with Gasteiger partial charge in [0.1, 0.15) is 5.84 Å². The minimum absolute atomic E-state index is 0.582. The molecule has 0 unspecified atom stereocenters. The van der Waals surface area contributed by atoms with Crippen molar-refractivity contribution < 1.29 is 0 Å². The van der Waals surface area contributed by atoms with Gasteiger partial charge in [-0.05, 0) is 10.8 Å². The average Bonchev–Trinajstić information content (AvgIpc) is 2.80. The van der Waals surface area contributed by atoms with E-state index in [0.29, 0.717) is 12.4 Å². The minimum atomic E-state index is -1.11. The molecule has 29 heavy (non-hydrogen) atoms. The molecule has 0 aromatic heterocycles. The Morgan fingerprint density at radius 3 is 1.72 bits per heavy atom. The first-order valence-electron chi connectivity index (χ1n) is 9.74. The van der Waals surface area contributed by atoms with Crippen LogP contribution in [0.1, 0.15) is 11.1 Å². The maximum absolute atomic E-state index is 6.35. The van der Waals surface area contributed by atoms with Crippen LogP contribution in [0.25, 0.3) is 0 Å². The predicted molar refractivity (Wildman–Crippen MR) is 125 cm³/mol. The molecule has 0 aliphatic rings. The third kappa shape index (κ3) is 4.70. The SMILES string of the molecule is NC(=NCc1ccccc1)c1cccc([Si](c2ccccc2)c2ccccc2)c1. The minimum Gasteiger partial charge on any atom is -0.383 e. The molecule has 3 heteroatoms. The molecule has 0 atom stereocenters. The molecule has 4 rings (SSSR count). The zero-order chi connectivity index (χ0) is 19.9. The van der Waals surface area contributed by atoms with Crippen molar-refractivity contribution in [2.45, 2.75) is 6.54 Å². The molecular formula is C26H23N2Si. The predicted octanol–water partition coefficient (Wildman–Crippen LogP) is 3.11. The van der Waals surface area contributed by atoms with Gasteiger partial charge < -0.3 is 5.73 Å². The molecule has 141 valence electrons. The summed E-state index contributed by atoms with van der Waals surface area (Å²) in [5.41, 5.74) is 8.49. The number of nitrogens with zero attached hydrogens (tertiary/aromatic N) is 1.